The zero-order valence-corrected chi connectivity index (χ0v) is 17.9. The number of anilines is 1. The Morgan fingerprint density at radius 2 is 1.88 bits per heavy atom. The molecule has 0 bridgehead atoms. The van der Waals surface area contributed by atoms with Crippen molar-refractivity contribution in [1.29, 1.82) is 0 Å². The molecule has 1 aromatic carbocycles. The summed E-state index contributed by atoms with van der Waals surface area (Å²) in [6, 6.07) is 4.72. The first-order valence-corrected chi connectivity index (χ1v) is 11.4. The second kappa shape index (κ2) is 9.35. The van der Waals surface area contributed by atoms with Gasteiger partial charge in [0.15, 0.2) is 11.6 Å². The van der Waals surface area contributed by atoms with Crippen molar-refractivity contribution in [2.24, 2.45) is 17.8 Å². The van der Waals surface area contributed by atoms with Crippen molar-refractivity contribution >= 4 is 5.82 Å². The first-order valence-electron chi connectivity index (χ1n) is 12.4. The molecule has 2 unspecified atom stereocenters. The molecule has 8 heteroatoms. The lowest BCUT2D eigenvalue weighted by atomic mass is 10.00. The smallest absolute Gasteiger partial charge is 0.168 e. The molecule has 3 heterocycles. The minimum absolute atomic E-state index is 0.00735. The molecular formula is C24H29F3N4O. The summed E-state index contributed by atoms with van der Waals surface area (Å²) in [6.07, 6.45) is 4.38. The molecule has 4 atom stereocenters. The zero-order valence-electron chi connectivity index (χ0n) is 19.9. The molecule has 2 aliphatic heterocycles. The van der Waals surface area contributed by atoms with Crippen LogP contribution in [0.2, 0.25) is 0 Å². The maximum atomic E-state index is 14.0. The van der Waals surface area contributed by atoms with Gasteiger partial charge in [0.2, 0.25) is 0 Å². The monoisotopic (exact) mass is 448 g/mol. The number of rotatable bonds is 5. The van der Waals surface area contributed by atoms with Crippen molar-refractivity contribution in [1.82, 2.24) is 15.1 Å². The minimum atomic E-state index is -1.31. The van der Waals surface area contributed by atoms with Crippen LogP contribution in [0.5, 0.6) is 0 Å². The van der Waals surface area contributed by atoms with Crippen molar-refractivity contribution in [3.05, 3.63) is 41.7 Å². The highest BCUT2D eigenvalue weighted by Crippen LogP contribution is 2.39. The average molecular weight is 449 g/mol. The lowest BCUT2D eigenvalue weighted by Gasteiger charge is -2.24. The lowest BCUT2D eigenvalue weighted by Crippen LogP contribution is -2.30. The van der Waals surface area contributed by atoms with Crippen LogP contribution in [0.3, 0.4) is 0 Å². The first-order chi connectivity index (χ1) is 16.3. The molecule has 0 amide bonds. The summed E-state index contributed by atoms with van der Waals surface area (Å²) in [4.78, 5) is 2.04. The van der Waals surface area contributed by atoms with E-state index in [9.17, 15) is 13.2 Å². The second-order valence-corrected chi connectivity index (χ2v) is 9.16. The van der Waals surface area contributed by atoms with E-state index in [1.165, 1.54) is 6.07 Å². The van der Waals surface area contributed by atoms with Gasteiger partial charge in [-0.05, 0) is 68.1 Å². The van der Waals surface area contributed by atoms with E-state index in [-0.39, 0.29) is 23.2 Å². The Labute approximate surface area is 189 Å². The quantitative estimate of drug-likeness (QED) is 0.683. The van der Waals surface area contributed by atoms with E-state index in [0.29, 0.717) is 30.3 Å². The van der Waals surface area contributed by atoms with Gasteiger partial charge in [-0.1, -0.05) is 0 Å². The van der Waals surface area contributed by atoms with E-state index in [2.05, 4.69) is 15.5 Å². The summed E-state index contributed by atoms with van der Waals surface area (Å²) in [7, 11) is 0. The Bertz CT molecular complexity index is 1000. The molecule has 0 radical (unpaired) electrons. The summed E-state index contributed by atoms with van der Waals surface area (Å²) in [5, 5.41) is 11.4. The van der Waals surface area contributed by atoms with Crippen LogP contribution in [0.4, 0.5) is 19.0 Å². The summed E-state index contributed by atoms with van der Waals surface area (Å²) in [5.41, 5.74) is -0.201. The molecule has 1 saturated carbocycles. The number of likely N-dealkylation sites (tertiary alicyclic amines) is 1. The molecule has 3 aliphatic rings. The van der Waals surface area contributed by atoms with E-state index < -0.39 is 23.9 Å². The summed E-state index contributed by atoms with van der Waals surface area (Å²) < 4.78 is 64.1. The summed E-state index contributed by atoms with van der Waals surface area (Å²) in [6.45, 7) is 1.55. The second-order valence-electron chi connectivity index (χ2n) is 9.16. The van der Waals surface area contributed by atoms with Gasteiger partial charge in [-0.3, -0.25) is 0 Å². The normalized spacial score (nSPS) is 29.8. The number of hydrogen-bond donors (Lipinski definition) is 1. The van der Waals surface area contributed by atoms with Crippen LogP contribution in [0.15, 0.2) is 24.3 Å². The highest BCUT2D eigenvalue weighted by atomic mass is 19.2. The zero-order chi connectivity index (χ0) is 23.9. The van der Waals surface area contributed by atoms with Gasteiger partial charge < -0.3 is 15.0 Å². The molecule has 3 fully saturated rings. The van der Waals surface area contributed by atoms with Crippen LogP contribution < -0.4 is 5.32 Å². The van der Waals surface area contributed by atoms with Crippen LogP contribution in [0, 0.1) is 35.2 Å². The van der Waals surface area contributed by atoms with Gasteiger partial charge >= 0.3 is 0 Å². The topological polar surface area (TPSA) is 50.3 Å². The van der Waals surface area contributed by atoms with Gasteiger partial charge in [0, 0.05) is 53.2 Å². The molecule has 5 rings (SSSR count). The van der Waals surface area contributed by atoms with Crippen LogP contribution in [0.25, 0.3) is 11.3 Å². The first kappa shape index (κ1) is 19.3. The number of fused-ring (bicyclic) bond motifs is 1. The lowest BCUT2D eigenvalue weighted by molar-refractivity contribution is 0.138. The fraction of sp³-hybridized carbons (Fsp3) is 0.583. The number of benzene rings is 1. The Balaban J connectivity index is 1.18. The fourth-order valence-corrected chi connectivity index (χ4v) is 5.32. The van der Waals surface area contributed by atoms with Gasteiger partial charge in [0.1, 0.15) is 11.6 Å². The van der Waals surface area contributed by atoms with Gasteiger partial charge in [-0.15, -0.1) is 10.2 Å². The van der Waals surface area contributed by atoms with Crippen molar-refractivity contribution < 1.29 is 20.6 Å². The van der Waals surface area contributed by atoms with Crippen LogP contribution >= 0.6 is 0 Å². The highest BCUT2D eigenvalue weighted by Gasteiger charge is 2.41. The van der Waals surface area contributed by atoms with Crippen molar-refractivity contribution in [3.8, 4) is 11.3 Å². The van der Waals surface area contributed by atoms with Crippen molar-refractivity contribution in [3.63, 3.8) is 0 Å². The van der Waals surface area contributed by atoms with Gasteiger partial charge in [0.05, 0.1) is 5.69 Å². The third-order valence-corrected chi connectivity index (χ3v) is 6.85. The number of halogens is 3. The fourth-order valence-electron chi connectivity index (χ4n) is 5.32. The van der Waals surface area contributed by atoms with Crippen molar-refractivity contribution in [2.45, 2.75) is 38.1 Å². The Hall–Kier alpha value is -2.19. The summed E-state index contributed by atoms with van der Waals surface area (Å²) >= 11 is 0. The number of hydrogen-bond acceptors (Lipinski definition) is 5. The Kier molecular flexibility index (Phi) is 5.64. The minimum Gasteiger partial charge on any atom is -0.381 e. The average Bonchev–Trinajstić information content (AvgIpc) is 3.23. The van der Waals surface area contributed by atoms with Crippen LogP contribution in [0.1, 0.15) is 34.8 Å². The molecule has 2 saturated heterocycles. The molecular weight excluding hydrogens is 417 g/mol. The predicted molar refractivity (Wildman–Crippen MR) is 116 cm³/mol. The molecule has 32 heavy (non-hydrogen) atoms. The van der Waals surface area contributed by atoms with E-state index in [4.69, 9.17) is 7.48 Å². The number of nitrogens with one attached hydrogen (secondary N) is 1. The Morgan fingerprint density at radius 3 is 2.62 bits per heavy atom. The van der Waals surface area contributed by atoms with Gasteiger partial charge in [-0.2, -0.15) is 0 Å². The van der Waals surface area contributed by atoms with E-state index in [1.807, 2.05) is 4.90 Å². The standard InChI is InChI=1S/C24H29F3N4O/c25-18-10-20(24(27)21(26)11-18)22-3-4-23(30-29-22)28-19-8-16-13-31(14-17(16)9-19)12-15-2-1-6-32-7-5-15/h3-4,10-11,15-17,19H,1-2,5-9,12-14H2,(H,28,30)/t15?,16-,17+,19?/i12D2. The maximum absolute atomic E-state index is 14.0. The SMILES string of the molecule is [2H]C([2H])(C1CCCOCC1)N1C[C@H]2CC(Nc3ccc(-c4cc(F)cc(F)c4F)nn3)C[C@H]2C1. The summed E-state index contributed by atoms with van der Waals surface area (Å²) in [5.74, 6) is -1.91. The molecule has 2 aromatic rings. The van der Waals surface area contributed by atoms with Crippen molar-refractivity contribution in [2.75, 3.05) is 38.1 Å². The van der Waals surface area contributed by atoms with E-state index in [1.54, 1.807) is 6.07 Å². The maximum Gasteiger partial charge on any atom is 0.168 e. The van der Waals surface area contributed by atoms with Gasteiger partial charge in [0.25, 0.3) is 0 Å². The molecule has 1 N–H and O–H groups in total. The highest BCUT2D eigenvalue weighted by molar-refractivity contribution is 5.60. The number of nitrogens with zero attached hydrogens (tertiary/aromatic N) is 3. The molecule has 172 valence electrons. The predicted octanol–water partition coefficient (Wildman–Crippen LogP) is 4.50. The molecule has 5 nitrogen and oxygen atoms in total. The Morgan fingerprint density at radius 1 is 1.06 bits per heavy atom. The van der Waals surface area contributed by atoms with E-state index >= 15 is 0 Å². The third kappa shape index (κ3) is 4.76. The van der Waals surface area contributed by atoms with Gasteiger partial charge in [-0.25, -0.2) is 13.2 Å². The number of aromatic nitrogens is 2. The molecule has 1 aliphatic carbocycles. The third-order valence-electron chi connectivity index (χ3n) is 6.85. The van der Waals surface area contributed by atoms with E-state index in [0.717, 1.165) is 57.9 Å². The molecule has 0 spiro atoms. The van der Waals surface area contributed by atoms with Crippen LogP contribution in [-0.2, 0) is 4.74 Å². The van der Waals surface area contributed by atoms with Crippen LogP contribution in [-0.4, -0.2) is 53.9 Å². The molecule has 1 aromatic heterocycles. The number of ether oxygens (including phenoxy) is 1. The largest absolute Gasteiger partial charge is 0.381 e.